The summed E-state index contributed by atoms with van der Waals surface area (Å²) in [5.74, 6) is 2.70. The second kappa shape index (κ2) is 9.30. The molecular formula is C15H11Br6N3O2. The molecule has 2 rings (SSSR count). The average Bonchev–Trinajstić information content (AvgIpc) is 2.57. The largest absolute Gasteiger partial charge is 0.493 e. The summed E-state index contributed by atoms with van der Waals surface area (Å²) < 4.78 is 9.03. The van der Waals surface area contributed by atoms with E-state index in [1.165, 1.54) is 0 Å². The van der Waals surface area contributed by atoms with Crippen molar-refractivity contribution >= 4 is 108 Å². The van der Waals surface area contributed by atoms with E-state index in [0.29, 0.717) is 29.0 Å². The van der Waals surface area contributed by atoms with Crippen LogP contribution >= 0.6 is 95.6 Å². The zero-order valence-electron chi connectivity index (χ0n) is 13.3. The minimum absolute atomic E-state index is 0.456. The molecule has 11 heteroatoms. The van der Waals surface area contributed by atoms with E-state index in [9.17, 15) is 0 Å². The summed E-state index contributed by atoms with van der Waals surface area (Å²) >= 11 is 20.6. The van der Waals surface area contributed by atoms with Crippen LogP contribution in [0.25, 0.3) is 12.2 Å². The van der Waals surface area contributed by atoms with Crippen molar-refractivity contribution in [3.63, 3.8) is 0 Å². The van der Waals surface area contributed by atoms with Gasteiger partial charge in [-0.15, -0.1) is 0 Å². The molecule has 0 atom stereocenters. The van der Waals surface area contributed by atoms with Crippen LogP contribution in [-0.4, -0.2) is 29.2 Å². The Bertz CT molecular complexity index is 786. The van der Waals surface area contributed by atoms with Crippen LogP contribution in [0, 0.1) is 0 Å². The summed E-state index contributed by atoms with van der Waals surface area (Å²) in [6.07, 6.45) is 3.66. The molecule has 140 valence electrons. The Balaban J connectivity index is 2.44. The van der Waals surface area contributed by atoms with Crippen molar-refractivity contribution in [3.8, 4) is 11.5 Å². The van der Waals surface area contributed by atoms with Crippen LogP contribution in [0.15, 0.2) is 18.2 Å². The summed E-state index contributed by atoms with van der Waals surface area (Å²) in [6.45, 7) is 0. The van der Waals surface area contributed by atoms with Gasteiger partial charge in [0.2, 0.25) is 0 Å². The molecule has 0 aliphatic heterocycles. The predicted octanol–water partition coefficient (Wildman–Crippen LogP) is 6.65. The van der Waals surface area contributed by atoms with Crippen molar-refractivity contribution in [1.82, 2.24) is 15.0 Å². The van der Waals surface area contributed by atoms with E-state index in [0.717, 1.165) is 5.56 Å². The monoisotopic (exact) mass is 739 g/mol. The first kappa shape index (κ1) is 22.7. The Hall–Kier alpha value is 0.450. The van der Waals surface area contributed by atoms with Gasteiger partial charge in [-0.05, 0) is 23.8 Å². The lowest BCUT2D eigenvalue weighted by Crippen LogP contribution is -2.15. The topological polar surface area (TPSA) is 57.1 Å². The van der Waals surface area contributed by atoms with E-state index in [1.807, 2.05) is 24.3 Å². The van der Waals surface area contributed by atoms with Crippen molar-refractivity contribution in [2.24, 2.45) is 0 Å². The molecule has 26 heavy (non-hydrogen) atoms. The maximum Gasteiger partial charge on any atom is 0.194 e. The molecule has 0 radical (unpaired) electrons. The minimum atomic E-state index is -0.769. The third kappa shape index (κ3) is 6.23. The molecule has 1 aromatic heterocycles. The van der Waals surface area contributed by atoms with Gasteiger partial charge < -0.3 is 9.47 Å². The predicted molar refractivity (Wildman–Crippen MR) is 125 cm³/mol. The lowest BCUT2D eigenvalue weighted by molar-refractivity contribution is 0.355. The molecule has 0 saturated heterocycles. The third-order valence-corrected chi connectivity index (χ3v) is 5.12. The van der Waals surface area contributed by atoms with E-state index in [-0.39, 0.29) is 0 Å². The Morgan fingerprint density at radius 1 is 0.769 bits per heavy atom. The van der Waals surface area contributed by atoms with Gasteiger partial charge in [0.1, 0.15) is 0 Å². The number of aromatic nitrogens is 3. The third-order valence-electron chi connectivity index (χ3n) is 2.99. The Morgan fingerprint density at radius 3 is 1.77 bits per heavy atom. The molecule has 5 nitrogen and oxygen atoms in total. The first-order valence-electron chi connectivity index (χ1n) is 6.85. The van der Waals surface area contributed by atoms with Gasteiger partial charge in [0.05, 0.1) is 14.2 Å². The zero-order chi connectivity index (χ0) is 19.5. The van der Waals surface area contributed by atoms with Gasteiger partial charge in [-0.25, -0.2) is 15.0 Å². The van der Waals surface area contributed by atoms with Gasteiger partial charge >= 0.3 is 0 Å². The van der Waals surface area contributed by atoms with Gasteiger partial charge in [-0.2, -0.15) is 0 Å². The van der Waals surface area contributed by atoms with Gasteiger partial charge in [-0.3, -0.25) is 0 Å². The second-order valence-electron chi connectivity index (χ2n) is 4.78. The summed E-state index contributed by atoms with van der Waals surface area (Å²) in [5, 5.41) is 0. The Kier molecular flexibility index (Phi) is 8.13. The van der Waals surface area contributed by atoms with E-state index in [1.54, 1.807) is 20.3 Å². The number of methoxy groups -OCH3 is 2. The summed E-state index contributed by atoms with van der Waals surface area (Å²) in [6, 6.07) is 5.62. The van der Waals surface area contributed by atoms with Crippen LogP contribution < -0.4 is 9.47 Å². The fraction of sp³-hybridized carbons (Fsp3) is 0.267. The van der Waals surface area contributed by atoms with Crippen LogP contribution in [-0.2, 0) is 4.29 Å². The average molecular weight is 745 g/mol. The van der Waals surface area contributed by atoms with E-state index >= 15 is 0 Å². The standard InChI is InChI=1S/C15H11Br6N3O2/c1-25-9-5-3-8(7-10(9)26-2)4-6-11-22-12(14(16,17)18)24-13(23-11)15(19,20)21/h3-7H,1-2H3. The van der Waals surface area contributed by atoms with E-state index in [2.05, 4.69) is 111 Å². The highest BCUT2D eigenvalue weighted by molar-refractivity contribution is 9.39. The highest BCUT2D eigenvalue weighted by Gasteiger charge is 2.31. The van der Waals surface area contributed by atoms with Crippen LogP contribution in [0.1, 0.15) is 23.0 Å². The van der Waals surface area contributed by atoms with Crippen LogP contribution in [0.4, 0.5) is 0 Å². The van der Waals surface area contributed by atoms with Crippen molar-refractivity contribution in [2.75, 3.05) is 14.2 Å². The molecule has 2 aromatic rings. The minimum Gasteiger partial charge on any atom is -0.493 e. The molecular weight excluding hydrogens is 734 g/mol. The van der Waals surface area contributed by atoms with Crippen molar-refractivity contribution in [1.29, 1.82) is 0 Å². The highest BCUT2D eigenvalue weighted by Crippen LogP contribution is 2.46. The van der Waals surface area contributed by atoms with Gasteiger partial charge in [0.15, 0.2) is 33.3 Å². The fourth-order valence-electron chi connectivity index (χ4n) is 1.85. The zero-order valence-corrected chi connectivity index (χ0v) is 22.8. The SMILES string of the molecule is COc1ccc(C=Cc2nc(C(Br)(Br)Br)nc(C(Br)(Br)Br)n2)cc1OC. The molecule has 0 bridgehead atoms. The second-order valence-corrected chi connectivity index (χ2v) is 18.3. The molecule has 0 spiro atoms. The molecule has 1 heterocycles. The molecule has 0 aliphatic carbocycles. The number of benzene rings is 1. The normalized spacial score (nSPS) is 12.5. The lowest BCUT2D eigenvalue weighted by atomic mass is 10.2. The van der Waals surface area contributed by atoms with Crippen molar-refractivity contribution < 1.29 is 9.47 Å². The summed E-state index contributed by atoms with van der Waals surface area (Å²) in [7, 11) is 3.19. The number of rotatable bonds is 4. The first-order valence-corrected chi connectivity index (χ1v) is 11.6. The van der Waals surface area contributed by atoms with E-state index in [4.69, 9.17) is 9.47 Å². The smallest absolute Gasteiger partial charge is 0.194 e. The number of halogens is 6. The van der Waals surface area contributed by atoms with E-state index < -0.39 is 4.29 Å². The fourth-order valence-corrected chi connectivity index (χ4v) is 2.91. The van der Waals surface area contributed by atoms with Crippen molar-refractivity contribution in [3.05, 3.63) is 41.2 Å². The molecule has 0 unspecified atom stereocenters. The van der Waals surface area contributed by atoms with Gasteiger partial charge in [0, 0.05) is 0 Å². The molecule has 0 fully saturated rings. The number of ether oxygens (including phenoxy) is 2. The molecule has 0 N–H and O–H groups in total. The molecule has 0 amide bonds. The molecule has 1 aromatic carbocycles. The van der Waals surface area contributed by atoms with Gasteiger partial charge in [0.25, 0.3) is 0 Å². The molecule has 0 saturated carbocycles. The quantitative estimate of drug-likeness (QED) is 0.329. The number of hydrogen-bond acceptors (Lipinski definition) is 5. The van der Waals surface area contributed by atoms with Crippen LogP contribution in [0.3, 0.4) is 0 Å². The highest BCUT2D eigenvalue weighted by atomic mass is 80.0. The number of nitrogens with zero attached hydrogens (tertiary/aromatic N) is 3. The van der Waals surface area contributed by atoms with Gasteiger partial charge in [-0.1, -0.05) is 108 Å². The first-order chi connectivity index (χ1) is 12.0. The van der Waals surface area contributed by atoms with Crippen LogP contribution in [0.2, 0.25) is 0 Å². The maximum atomic E-state index is 5.32. The number of alkyl halides is 6. The number of hydrogen-bond donors (Lipinski definition) is 0. The summed E-state index contributed by atoms with van der Waals surface area (Å²) in [5.41, 5.74) is 0.914. The Morgan fingerprint density at radius 2 is 1.31 bits per heavy atom. The molecule has 0 aliphatic rings. The lowest BCUT2D eigenvalue weighted by Gasteiger charge is -2.16. The van der Waals surface area contributed by atoms with Crippen LogP contribution in [0.5, 0.6) is 11.5 Å². The van der Waals surface area contributed by atoms with Crippen molar-refractivity contribution in [2.45, 2.75) is 4.29 Å². The maximum absolute atomic E-state index is 5.32. The summed E-state index contributed by atoms with van der Waals surface area (Å²) in [4.78, 5) is 13.3. The Labute approximate surface area is 201 Å².